The molecule has 2 aromatic carbocycles. The van der Waals surface area contributed by atoms with Crippen molar-refractivity contribution in [2.45, 2.75) is 6.42 Å². The van der Waals surface area contributed by atoms with Crippen molar-refractivity contribution >= 4 is 33.7 Å². The SMILES string of the molecule is O=C(CC(=O)O[n+]1cccc2ccccc21)O[n+]1cccc2ccccc21. The molecule has 0 amide bonds. The minimum atomic E-state index is -0.706. The van der Waals surface area contributed by atoms with Crippen molar-refractivity contribution in [3.8, 4) is 0 Å². The van der Waals surface area contributed by atoms with Gasteiger partial charge in [-0.05, 0) is 24.3 Å². The fourth-order valence-corrected chi connectivity index (χ4v) is 2.83. The van der Waals surface area contributed by atoms with Gasteiger partial charge < -0.3 is 0 Å². The fraction of sp³-hybridized carbons (Fsp3) is 0.0476. The highest BCUT2D eigenvalue weighted by molar-refractivity contribution is 5.91. The largest absolute Gasteiger partial charge is 0.391 e. The number of fused-ring (bicyclic) bond motifs is 2. The molecule has 0 saturated carbocycles. The average Bonchev–Trinajstić information content (AvgIpc) is 2.68. The van der Waals surface area contributed by atoms with Gasteiger partial charge in [-0.3, -0.25) is 0 Å². The molecule has 0 unspecified atom stereocenters. The van der Waals surface area contributed by atoms with E-state index in [0.717, 1.165) is 21.8 Å². The van der Waals surface area contributed by atoms with Crippen LogP contribution in [0.3, 0.4) is 0 Å². The lowest BCUT2D eigenvalue weighted by molar-refractivity contribution is -0.851. The van der Waals surface area contributed by atoms with Crippen molar-refractivity contribution in [2.24, 2.45) is 0 Å². The minimum absolute atomic E-state index is 0.507. The average molecular weight is 360 g/mol. The number of rotatable bonds is 4. The van der Waals surface area contributed by atoms with Crippen molar-refractivity contribution in [2.75, 3.05) is 0 Å². The molecule has 0 aliphatic heterocycles. The molecule has 4 rings (SSSR count). The van der Waals surface area contributed by atoms with Crippen LogP contribution >= 0.6 is 0 Å². The molecule has 132 valence electrons. The first-order chi connectivity index (χ1) is 13.2. The molecule has 27 heavy (non-hydrogen) atoms. The number of hydrogen-bond donors (Lipinski definition) is 0. The Bertz CT molecular complexity index is 1060. The summed E-state index contributed by atoms with van der Waals surface area (Å²) in [6.45, 7) is 0. The van der Waals surface area contributed by atoms with Crippen LogP contribution in [0.2, 0.25) is 0 Å². The summed E-state index contributed by atoms with van der Waals surface area (Å²) < 4.78 is 2.69. The molecule has 0 aliphatic rings. The Morgan fingerprint density at radius 2 is 1.04 bits per heavy atom. The van der Waals surface area contributed by atoms with Crippen LogP contribution in [0, 0.1) is 0 Å². The van der Waals surface area contributed by atoms with E-state index in [-0.39, 0.29) is 0 Å². The third-order valence-electron chi connectivity index (χ3n) is 4.03. The number of pyridine rings is 2. The molecule has 0 bridgehead atoms. The normalized spacial score (nSPS) is 10.7. The predicted octanol–water partition coefficient (Wildman–Crippen LogP) is 1.57. The first kappa shape index (κ1) is 16.7. The third kappa shape index (κ3) is 3.59. The van der Waals surface area contributed by atoms with E-state index in [2.05, 4.69) is 0 Å². The van der Waals surface area contributed by atoms with Crippen LogP contribution in [0.4, 0.5) is 0 Å². The van der Waals surface area contributed by atoms with Crippen LogP contribution in [0.15, 0.2) is 85.2 Å². The molecule has 0 radical (unpaired) electrons. The van der Waals surface area contributed by atoms with E-state index < -0.39 is 18.4 Å². The number of carbonyl (C=O) groups excluding carboxylic acids is 2. The van der Waals surface area contributed by atoms with Crippen LogP contribution < -0.4 is 19.1 Å². The fourth-order valence-electron chi connectivity index (χ4n) is 2.83. The van der Waals surface area contributed by atoms with Crippen LogP contribution in [0.25, 0.3) is 21.8 Å². The quantitative estimate of drug-likeness (QED) is 0.409. The number of carbonyl (C=O) groups is 2. The molecule has 0 spiro atoms. The van der Waals surface area contributed by atoms with Crippen molar-refractivity contribution in [1.29, 1.82) is 0 Å². The molecule has 2 heterocycles. The van der Waals surface area contributed by atoms with Gasteiger partial charge in [0.2, 0.25) is 12.4 Å². The van der Waals surface area contributed by atoms with Crippen molar-refractivity contribution in [3.63, 3.8) is 0 Å². The maximum absolute atomic E-state index is 12.2. The number of aromatic nitrogens is 2. The Morgan fingerprint density at radius 1 is 0.630 bits per heavy atom. The van der Waals surface area contributed by atoms with Gasteiger partial charge in [-0.1, -0.05) is 24.3 Å². The highest BCUT2D eigenvalue weighted by atomic mass is 16.7. The van der Waals surface area contributed by atoms with Gasteiger partial charge in [0.05, 0.1) is 10.8 Å². The molecule has 6 nitrogen and oxygen atoms in total. The van der Waals surface area contributed by atoms with Crippen LogP contribution in [-0.4, -0.2) is 11.9 Å². The molecule has 0 fully saturated rings. The topological polar surface area (TPSA) is 60.4 Å². The van der Waals surface area contributed by atoms with E-state index in [0.29, 0.717) is 0 Å². The molecule has 0 saturated heterocycles. The van der Waals surface area contributed by atoms with E-state index in [1.54, 1.807) is 24.5 Å². The lowest BCUT2D eigenvalue weighted by Gasteiger charge is -2.00. The van der Waals surface area contributed by atoms with Gasteiger partial charge in [0.25, 0.3) is 11.0 Å². The molecule has 0 N–H and O–H groups in total. The van der Waals surface area contributed by atoms with Crippen LogP contribution in [0.1, 0.15) is 6.42 Å². The Kier molecular flexibility index (Phi) is 4.45. The summed E-state index contributed by atoms with van der Waals surface area (Å²) in [6, 6.07) is 22.3. The summed E-state index contributed by atoms with van der Waals surface area (Å²) in [5.74, 6) is -1.41. The molecular formula is C21H16N2O4+2. The number of nitrogens with zero attached hydrogens (tertiary/aromatic N) is 2. The van der Waals surface area contributed by atoms with E-state index in [9.17, 15) is 9.59 Å². The number of hydrogen-bond acceptors (Lipinski definition) is 4. The monoisotopic (exact) mass is 360 g/mol. The second-order valence-corrected chi connectivity index (χ2v) is 5.89. The summed E-state index contributed by atoms with van der Waals surface area (Å²) >= 11 is 0. The molecular weight excluding hydrogens is 344 g/mol. The van der Waals surface area contributed by atoms with Gasteiger partial charge >= 0.3 is 11.9 Å². The summed E-state index contributed by atoms with van der Waals surface area (Å²) in [7, 11) is 0. The summed E-state index contributed by atoms with van der Waals surface area (Å²) in [5.41, 5.74) is 1.45. The second-order valence-electron chi connectivity index (χ2n) is 5.89. The van der Waals surface area contributed by atoms with Gasteiger partial charge in [-0.15, -0.1) is 0 Å². The van der Waals surface area contributed by atoms with Crippen molar-refractivity contribution in [3.05, 3.63) is 85.2 Å². The van der Waals surface area contributed by atoms with E-state index in [1.165, 1.54) is 9.46 Å². The minimum Gasteiger partial charge on any atom is -0.244 e. The summed E-state index contributed by atoms with van der Waals surface area (Å²) in [6.07, 6.45) is 2.72. The van der Waals surface area contributed by atoms with Crippen molar-refractivity contribution < 1.29 is 28.7 Å². The lowest BCUT2D eigenvalue weighted by Crippen LogP contribution is -2.49. The Balaban J connectivity index is 1.47. The second kappa shape index (κ2) is 7.21. The summed E-state index contributed by atoms with van der Waals surface area (Å²) in [4.78, 5) is 34.9. The Morgan fingerprint density at radius 3 is 1.52 bits per heavy atom. The van der Waals surface area contributed by atoms with Gasteiger partial charge in [0.15, 0.2) is 6.42 Å². The number of benzene rings is 2. The zero-order chi connectivity index (χ0) is 18.6. The smallest absolute Gasteiger partial charge is 0.244 e. The molecule has 4 aromatic rings. The Labute approximate surface area is 154 Å². The van der Waals surface area contributed by atoms with E-state index in [1.807, 2.05) is 60.7 Å². The van der Waals surface area contributed by atoms with Crippen LogP contribution in [0.5, 0.6) is 0 Å². The summed E-state index contributed by atoms with van der Waals surface area (Å²) in [5, 5.41) is 1.84. The van der Waals surface area contributed by atoms with Gasteiger partial charge in [0.1, 0.15) is 0 Å². The maximum atomic E-state index is 12.2. The number of para-hydroxylation sites is 2. The highest BCUT2D eigenvalue weighted by Gasteiger charge is 2.23. The first-order valence-electron chi connectivity index (χ1n) is 8.42. The molecule has 0 aliphatic carbocycles. The standard InChI is InChI=1S/C21H16N2O4/c24-20(26-22-13-5-9-16-7-1-3-11-18(16)22)15-21(25)27-23-14-6-10-17-8-2-4-12-19(17)23/h1-14H,15H2/q+2. The molecule has 0 atom stereocenters. The molecule has 2 aromatic heterocycles. The highest BCUT2D eigenvalue weighted by Crippen LogP contribution is 2.08. The zero-order valence-corrected chi connectivity index (χ0v) is 14.3. The van der Waals surface area contributed by atoms with Crippen LogP contribution in [-0.2, 0) is 9.59 Å². The van der Waals surface area contributed by atoms with Gasteiger partial charge in [-0.25, -0.2) is 9.59 Å². The molecule has 6 heteroatoms. The van der Waals surface area contributed by atoms with Gasteiger partial charge in [-0.2, -0.15) is 9.68 Å². The third-order valence-corrected chi connectivity index (χ3v) is 4.03. The predicted molar refractivity (Wildman–Crippen MR) is 96.1 cm³/mol. The van der Waals surface area contributed by atoms with E-state index >= 15 is 0 Å². The lowest BCUT2D eigenvalue weighted by atomic mass is 10.2. The first-order valence-corrected chi connectivity index (χ1v) is 8.42. The van der Waals surface area contributed by atoms with Crippen molar-refractivity contribution in [1.82, 2.24) is 0 Å². The zero-order valence-electron chi connectivity index (χ0n) is 14.3. The van der Waals surface area contributed by atoms with E-state index in [4.69, 9.17) is 9.68 Å². The van der Waals surface area contributed by atoms with Gasteiger partial charge in [0, 0.05) is 33.7 Å². The Hall–Kier alpha value is -3.80. The maximum Gasteiger partial charge on any atom is 0.391 e.